The van der Waals surface area contributed by atoms with E-state index in [9.17, 15) is 14.4 Å². The highest BCUT2D eigenvalue weighted by Gasteiger charge is 2.57. The molecule has 1 aliphatic carbocycles. The van der Waals surface area contributed by atoms with E-state index in [0.717, 1.165) is 31.2 Å². The Labute approximate surface area is 188 Å². The van der Waals surface area contributed by atoms with Crippen LogP contribution in [0.5, 0.6) is 0 Å². The fourth-order valence-electron chi connectivity index (χ4n) is 5.11. The molecule has 31 heavy (non-hydrogen) atoms. The lowest BCUT2D eigenvalue weighted by atomic mass is 9.94. The zero-order chi connectivity index (χ0) is 22.3. The van der Waals surface area contributed by atoms with Crippen LogP contribution in [0.1, 0.15) is 81.1 Å². The summed E-state index contributed by atoms with van der Waals surface area (Å²) in [4.78, 5) is 41.4. The molecule has 0 bridgehead atoms. The van der Waals surface area contributed by atoms with Gasteiger partial charge in [0, 0.05) is 16.4 Å². The summed E-state index contributed by atoms with van der Waals surface area (Å²) in [5, 5.41) is 5.99. The Hall–Kier alpha value is -2.02. The molecule has 1 saturated heterocycles. The van der Waals surface area contributed by atoms with Crippen molar-refractivity contribution in [3.05, 3.63) is 35.4 Å². The van der Waals surface area contributed by atoms with Gasteiger partial charge in [-0.15, -0.1) is 11.8 Å². The first kappa shape index (κ1) is 22.2. The van der Waals surface area contributed by atoms with Gasteiger partial charge in [-0.1, -0.05) is 51.3 Å². The molecule has 0 radical (unpaired) electrons. The van der Waals surface area contributed by atoms with Gasteiger partial charge in [0.2, 0.25) is 11.8 Å². The smallest absolute Gasteiger partial charge is 0.256 e. The maximum atomic E-state index is 13.5. The van der Waals surface area contributed by atoms with Gasteiger partial charge in [-0.3, -0.25) is 14.4 Å². The van der Waals surface area contributed by atoms with Crippen molar-refractivity contribution < 1.29 is 14.4 Å². The third-order valence-electron chi connectivity index (χ3n) is 6.74. The van der Waals surface area contributed by atoms with Crippen molar-refractivity contribution in [1.29, 1.82) is 0 Å². The van der Waals surface area contributed by atoms with E-state index in [1.165, 1.54) is 6.42 Å². The quantitative estimate of drug-likeness (QED) is 0.729. The lowest BCUT2D eigenvalue weighted by molar-refractivity contribution is -0.133. The van der Waals surface area contributed by atoms with Gasteiger partial charge in [-0.2, -0.15) is 0 Å². The Morgan fingerprint density at radius 1 is 1.13 bits per heavy atom. The number of nitrogens with zero attached hydrogens (tertiary/aromatic N) is 1. The number of amides is 3. The van der Waals surface area contributed by atoms with Crippen LogP contribution in [0.3, 0.4) is 0 Å². The van der Waals surface area contributed by atoms with Crippen LogP contribution in [-0.2, 0) is 9.59 Å². The molecule has 2 fully saturated rings. The number of carbonyl (C=O) groups excluding carboxylic acids is 3. The molecule has 1 saturated carbocycles. The SMILES string of the molecule is CC(C)[C@H](NC(=O)[C@H]1N2C(=O)c3ccccc3[C@H]2SC1(C)C)C(=O)NC1CCCCC1. The molecule has 168 valence electrons. The maximum absolute atomic E-state index is 13.5. The zero-order valence-electron chi connectivity index (χ0n) is 18.8. The summed E-state index contributed by atoms with van der Waals surface area (Å²) in [6, 6.07) is 6.52. The summed E-state index contributed by atoms with van der Waals surface area (Å²) >= 11 is 1.64. The van der Waals surface area contributed by atoms with Crippen molar-refractivity contribution >= 4 is 29.5 Å². The third-order valence-corrected chi connectivity index (χ3v) is 8.28. The van der Waals surface area contributed by atoms with Crippen LogP contribution in [0.15, 0.2) is 24.3 Å². The number of thioether (sulfide) groups is 1. The van der Waals surface area contributed by atoms with Gasteiger partial charge in [0.25, 0.3) is 5.91 Å². The second-order valence-corrected chi connectivity index (χ2v) is 11.6. The molecule has 3 aliphatic rings. The van der Waals surface area contributed by atoms with Crippen LogP contribution in [0.4, 0.5) is 0 Å². The van der Waals surface area contributed by atoms with Crippen molar-refractivity contribution in [3.8, 4) is 0 Å². The molecular formula is C24H33N3O3S. The highest BCUT2D eigenvalue weighted by molar-refractivity contribution is 8.01. The predicted molar refractivity (Wildman–Crippen MR) is 123 cm³/mol. The summed E-state index contributed by atoms with van der Waals surface area (Å²) in [6.45, 7) is 7.89. The number of fused-ring (bicyclic) bond motifs is 3. The van der Waals surface area contributed by atoms with Gasteiger partial charge in [0.15, 0.2) is 0 Å². The van der Waals surface area contributed by atoms with E-state index in [-0.39, 0.29) is 35.1 Å². The zero-order valence-corrected chi connectivity index (χ0v) is 19.6. The molecule has 3 amide bonds. The summed E-state index contributed by atoms with van der Waals surface area (Å²) in [7, 11) is 0. The van der Waals surface area contributed by atoms with E-state index < -0.39 is 16.8 Å². The van der Waals surface area contributed by atoms with E-state index in [1.807, 2.05) is 52.0 Å². The fraction of sp³-hybridized carbons (Fsp3) is 0.625. The Morgan fingerprint density at radius 3 is 2.48 bits per heavy atom. The van der Waals surface area contributed by atoms with Gasteiger partial charge < -0.3 is 15.5 Å². The number of hydrogen-bond acceptors (Lipinski definition) is 4. The first-order valence-corrected chi connectivity index (χ1v) is 12.3. The second kappa shape index (κ2) is 8.49. The van der Waals surface area contributed by atoms with E-state index in [0.29, 0.717) is 5.56 Å². The molecule has 7 heteroatoms. The molecule has 2 N–H and O–H groups in total. The summed E-state index contributed by atoms with van der Waals surface area (Å²) in [5.74, 6) is -0.525. The second-order valence-electron chi connectivity index (χ2n) is 9.85. The highest BCUT2D eigenvalue weighted by atomic mass is 32.2. The van der Waals surface area contributed by atoms with Gasteiger partial charge in [0.05, 0.1) is 0 Å². The molecule has 1 aromatic carbocycles. The van der Waals surface area contributed by atoms with E-state index in [1.54, 1.807) is 16.7 Å². The van der Waals surface area contributed by atoms with Gasteiger partial charge >= 0.3 is 0 Å². The van der Waals surface area contributed by atoms with Crippen molar-refractivity contribution in [2.75, 3.05) is 0 Å². The molecular weight excluding hydrogens is 410 g/mol. The third kappa shape index (κ3) is 4.09. The van der Waals surface area contributed by atoms with E-state index in [4.69, 9.17) is 0 Å². The average Bonchev–Trinajstić information content (AvgIpc) is 3.16. The Kier molecular flexibility index (Phi) is 6.08. The number of hydrogen-bond donors (Lipinski definition) is 2. The molecule has 0 unspecified atom stereocenters. The van der Waals surface area contributed by atoms with E-state index in [2.05, 4.69) is 10.6 Å². The minimum Gasteiger partial charge on any atom is -0.352 e. The molecule has 3 atom stereocenters. The molecule has 1 aromatic rings. The first-order valence-electron chi connectivity index (χ1n) is 11.4. The lowest BCUT2D eigenvalue weighted by Gasteiger charge is -2.33. The number of benzene rings is 1. The fourth-order valence-corrected chi connectivity index (χ4v) is 6.70. The largest absolute Gasteiger partial charge is 0.352 e. The summed E-state index contributed by atoms with van der Waals surface area (Å²) < 4.78 is -0.459. The van der Waals surface area contributed by atoms with Crippen LogP contribution in [0.2, 0.25) is 0 Å². The topological polar surface area (TPSA) is 78.5 Å². The van der Waals surface area contributed by atoms with Crippen molar-refractivity contribution in [2.45, 2.75) is 88.0 Å². The Balaban J connectivity index is 1.52. The predicted octanol–water partition coefficient (Wildman–Crippen LogP) is 3.62. The van der Waals surface area contributed by atoms with Crippen LogP contribution < -0.4 is 10.6 Å². The minimum atomic E-state index is -0.633. The number of nitrogens with one attached hydrogen (secondary N) is 2. The molecule has 0 aromatic heterocycles. The first-order chi connectivity index (χ1) is 14.7. The van der Waals surface area contributed by atoms with Crippen LogP contribution >= 0.6 is 11.8 Å². The molecule has 2 aliphatic heterocycles. The van der Waals surface area contributed by atoms with Crippen molar-refractivity contribution in [1.82, 2.24) is 15.5 Å². The van der Waals surface area contributed by atoms with Crippen molar-refractivity contribution in [2.24, 2.45) is 5.92 Å². The van der Waals surface area contributed by atoms with Gasteiger partial charge in [-0.25, -0.2) is 0 Å². The van der Waals surface area contributed by atoms with Gasteiger partial charge in [0.1, 0.15) is 17.5 Å². The molecule has 2 heterocycles. The van der Waals surface area contributed by atoms with E-state index >= 15 is 0 Å². The standard InChI is InChI=1S/C24H33N3O3S/c1-14(2)18(20(28)25-15-10-6-5-7-11-15)26-21(29)19-24(3,4)31-23-17-13-9-8-12-16(17)22(30)27(19)23/h8-9,12-15,18-19,23H,5-7,10-11H2,1-4H3,(H,25,28)(H,26,29)/t18-,19+,23+/m0/s1. The normalized spacial score (nSPS) is 25.8. The number of carbonyl (C=O) groups is 3. The Morgan fingerprint density at radius 2 is 1.81 bits per heavy atom. The Bertz CT molecular complexity index is 879. The molecule has 4 rings (SSSR count). The lowest BCUT2D eigenvalue weighted by Crippen LogP contribution is -2.59. The summed E-state index contributed by atoms with van der Waals surface area (Å²) in [5.41, 5.74) is 1.64. The van der Waals surface area contributed by atoms with Gasteiger partial charge in [-0.05, 0) is 44.2 Å². The molecule has 6 nitrogen and oxygen atoms in total. The maximum Gasteiger partial charge on any atom is 0.256 e. The number of rotatable bonds is 5. The van der Waals surface area contributed by atoms with Crippen LogP contribution in [-0.4, -0.2) is 45.5 Å². The molecule has 0 spiro atoms. The summed E-state index contributed by atoms with van der Waals surface area (Å²) in [6.07, 6.45) is 5.49. The average molecular weight is 444 g/mol. The van der Waals surface area contributed by atoms with Crippen LogP contribution in [0.25, 0.3) is 0 Å². The van der Waals surface area contributed by atoms with Crippen molar-refractivity contribution in [3.63, 3.8) is 0 Å². The minimum absolute atomic E-state index is 0.0491. The monoisotopic (exact) mass is 443 g/mol. The highest BCUT2D eigenvalue weighted by Crippen LogP contribution is 2.56. The van der Waals surface area contributed by atoms with Crippen LogP contribution in [0, 0.1) is 5.92 Å².